The number of halogens is 1. The van der Waals surface area contributed by atoms with E-state index in [2.05, 4.69) is 48.3 Å². The molecular weight excluding hydrogens is 322 g/mol. The minimum absolute atomic E-state index is 0. The van der Waals surface area contributed by atoms with Crippen LogP contribution in [0.5, 0.6) is 0 Å². The minimum Gasteiger partial charge on any atom is -0.339 e. The zero-order valence-electron chi connectivity index (χ0n) is 14.4. The third-order valence-corrected chi connectivity index (χ3v) is 5.52. The van der Waals surface area contributed by atoms with Gasteiger partial charge in [-0.05, 0) is 42.2 Å². The third kappa shape index (κ3) is 3.09. The summed E-state index contributed by atoms with van der Waals surface area (Å²) in [6.07, 6.45) is 5.36. The van der Waals surface area contributed by atoms with E-state index in [-0.39, 0.29) is 17.9 Å². The molecule has 1 aromatic carbocycles. The molecular formula is C19H26ClN3O. The van der Waals surface area contributed by atoms with Crippen molar-refractivity contribution in [2.24, 2.45) is 5.73 Å². The SMILES string of the molecule is CC(C)c1ccc(C2CC2c2nc(C3(N)CCCC3)no2)cc1.Cl. The van der Waals surface area contributed by atoms with Crippen LogP contribution >= 0.6 is 12.4 Å². The van der Waals surface area contributed by atoms with Crippen molar-refractivity contribution >= 4 is 12.4 Å². The summed E-state index contributed by atoms with van der Waals surface area (Å²) in [5, 5.41) is 4.19. The maximum atomic E-state index is 6.42. The lowest BCUT2D eigenvalue weighted by molar-refractivity contribution is 0.348. The van der Waals surface area contributed by atoms with Crippen LogP contribution in [0.1, 0.15) is 86.5 Å². The Kier molecular flexibility index (Phi) is 4.71. The summed E-state index contributed by atoms with van der Waals surface area (Å²) >= 11 is 0. The fourth-order valence-electron chi connectivity index (χ4n) is 3.78. The van der Waals surface area contributed by atoms with Gasteiger partial charge in [0, 0.05) is 5.92 Å². The molecule has 2 N–H and O–H groups in total. The predicted octanol–water partition coefficient (Wildman–Crippen LogP) is 4.61. The summed E-state index contributed by atoms with van der Waals surface area (Å²) in [7, 11) is 0. The van der Waals surface area contributed by atoms with Gasteiger partial charge >= 0.3 is 0 Å². The van der Waals surface area contributed by atoms with Gasteiger partial charge in [0.05, 0.1) is 5.54 Å². The highest BCUT2D eigenvalue weighted by Crippen LogP contribution is 2.54. The molecule has 2 aromatic rings. The van der Waals surface area contributed by atoms with Crippen molar-refractivity contribution in [3.63, 3.8) is 0 Å². The van der Waals surface area contributed by atoms with E-state index in [0.717, 1.165) is 38.0 Å². The van der Waals surface area contributed by atoms with Crippen LogP contribution in [0.2, 0.25) is 0 Å². The van der Waals surface area contributed by atoms with Gasteiger partial charge in [-0.15, -0.1) is 12.4 Å². The summed E-state index contributed by atoms with van der Waals surface area (Å²) in [5.41, 5.74) is 8.83. The van der Waals surface area contributed by atoms with Crippen molar-refractivity contribution in [2.75, 3.05) is 0 Å². The van der Waals surface area contributed by atoms with E-state index in [1.54, 1.807) is 0 Å². The molecule has 0 saturated heterocycles. The van der Waals surface area contributed by atoms with Crippen molar-refractivity contribution in [2.45, 2.75) is 69.2 Å². The molecule has 4 nitrogen and oxygen atoms in total. The van der Waals surface area contributed by atoms with E-state index < -0.39 is 0 Å². The number of hydrogen-bond donors (Lipinski definition) is 1. The van der Waals surface area contributed by atoms with Crippen LogP contribution in [0.4, 0.5) is 0 Å². The Morgan fingerprint density at radius 3 is 2.42 bits per heavy atom. The summed E-state index contributed by atoms with van der Waals surface area (Å²) in [6.45, 7) is 4.45. The summed E-state index contributed by atoms with van der Waals surface area (Å²) in [4.78, 5) is 4.64. The maximum absolute atomic E-state index is 6.42. The molecule has 130 valence electrons. The lowest BCUT2D eigenvalue weighted by Gasteiger charge is -2.17. The van der Waals surface area contributed by atoms with Crippen molar-refractivity contribution in [1.29, 1.82) is 0 Å². The third-order valence-electron chi connectivity index (χ3n) is 5.52. The Labute approximate surface area is 149 Å². The van der Waals surface area contributed by atoms with E-state index in [9.17, 15) is 0 Å². The van der Waals surface area contributed by atoms with Gasteiger partial charge in [0.2, 0.25) is 5.89 Å². The second-order valence-corrected chi connectivity index (χ2v) is 7.59. The lowest BCUT2D eigenvalue weighted by atomic mass is 9.98. The molecule has 2 aliphatic carbocycles. The Balaban J connectivity index is 0.00000169. The summed E-state index contributed by atoms with van der Waals surface area (Å²) in [5.74, 6) is 2.94. The van der Waals surface area contributed by atoms with Crippen molar-refractivity contribution in [3.05, 3.63) is 47.1 Å². The number of benzene rings is 1. The van der Waals surface area contributed by atoms with Gasteiger partial charge in [0.25, 0.3) is 0 Å². The molecule has 0 bridgehead atoms. The van der Waals surface area contributed by atoms with Crippen molar-refractivity contribution in [3.8, 4) is 0 Å². The zero-order chi connectivity index (χ0) is 16.0. The van der Waals surface area contributed by atoms with Gasteiger partial charge in [-0.1, -0.05) is 56.1 Å². The monoisotopic (exact) mass is 347 g/mol. The molecule has 2 fully saturated rings. The average molecular weight is 348 g/mol. The molecule has 0 spiro atoms. The molecule has 1 aromatic heterocycles. The number of aromatic nitrogens is 2. The van der Waals surface area contributed by atoms with Crippen LogP contribution in [0.15, 0.2) is 28.8 Å². The molecule has 5 heteroatoms. The molecule has 2 atom stereocenters. The molecule has 2 saturated carbocycles. The average Bonchev–Trinajstić information content (AvgIpc) is 2.96. The molecule has 0 aliphatic heterocycles. The van der Waals surface area contributed by atoms with Crippen molar-refractivity contribution in [1.82, 2.24) is 10.1 Å². The Bertz CT molecular complexity index is 689. The quantitative estimate of drug-likeness (QED) is 0.876. The number of nitrogens with two attached hydrogens (primary N) is 1. The lowest BCUT2D eigenvalue weighted by Crippen LogP contribution is -2.34. The predicted molar refractivity (Wildman–Crippen MR) is 96.5 cm³/mol. The first-order valence-corrected chi connectivity index (χ1v) is 8.80. The van der Waals surface area contributed by atoms with Gasteiger partial charge in [-0.25, -0.2) is 0 Å². The van der Waals surface area contributed by atoms with Gasteiger partial charge in [0.15, 0.2) is 5.82 Å². The standard InChI is InChI=1S/C19H25N3O.ClH/c1-12(2)13-5-7-14(8-6-13)15-11-16(15)17-21-18(22-23-17)19(20)9-3-4-10-19;/h5-8,12,15-16H,3-4,9-11,20H2,1-2H3;1H. The van der Waals surface area contributed by atoms with Crippen LogP contribution in [-0.2, 0) is 5.54 Å². The van der Waals surface area contributed by atoms with Gasteiger partial charge in [-0.3, -0.25) is 0 Å². The number of hydrogen-bond acceptors (Lipinski definition) is 4. The Morgan fingerprint density at radius 1 is 1.12 bits per heavy atom. The van der Waals surface area contributed by atoms with Crippen molar-refractivity contribution < 1.29 is 4.52 Å². The molecule has 2 unspecified atom stereocenters. The fourth-order valence-corrected chi connectivity index (χ4v) is 3.78. The first-order valence-electron chi connectivity index (χ1n) is 8.80. The topological polar surface area (TPSA) is 64.9 Å². The smallest absolute Gasteiger partial charge is 0.230 e. The molecule has 0 amide bonds. The second kappa shape index (κ2) is 6.49. The second-order valence-electron chi connectivity index (χ2n) is 7.59. The van der Waals surface area contributed by atoms with E-state index in [1.807, 2.05) is 0 Å². The van der Waals surface area contributed by atoms with Crippen LogP contribution in [0, 0.1) is 0 Å². The van der Waals surface area contributed by atoms with Crippen LogP contribution in [-0.4, -0.2) is 10.1 Å². The molecule has 2 aliphatic rings. The summed E-state index contributed by atoms with van der Waals surface area (Å²) < 4.78 is 5.54. The normalized spacial score (nSPS) is 24.8. The minimum atomic E-state index is -0.356. The van der Waals surface area contributed by atoms with Gasteiger partial charge < -0.3 is 10.3 Å². The highest BCUT2D eigenvalue weighted by Gasteiger charge is 2.45. The highest BCUT2D eigenvalue weighted by molar-refractivity contribution is 5.85. The van der Waals surface area contributed by atoms with E-state index in [1.165, 1.54) is 11.1 Å². The Morgan fingerprint density at radius 2 is 1.79 bits per heavy atom. The summed E-state index contributed by atoms with van der Waals surface area (Å²) in [6, 6.07) is 8.97. The first kappa shape index (κ1) is 17.4. The van der Waals surface area contributed by atoms with Crippen LogP contribution < -0.4 is 5.73 Å². The molecule has 4 rings (SSSR count). The maximum Gasteiger partial charge on any atom is 0.230 e. The first-order chi connectivity index (χ1) is 11.1. The number of nitrogens with zero attached hydrogens (tertiary/aromatic N) is 2. The fraction of sp³-hybridized carbons (Fsp3) is 0.579. The van der Waals surface area contributed by atoms with Crippen LogP contribution in [0.25, 0.3) is 0 Å². The Hall–Kier alpha value is -1.39. The molecule has 1 heterocycles. The number of rotatable bonds is 4. The molecule has 0 radical (unpaired) electrons. The van der Waals surface area contributed by atoms with Gasteiger partial charge in [-0.2, -0.15) is 4.98 Å². The van der Waals surface area contributed by atoms with E-state index >= 15 is 0 Å². The van der Waals surface area contributed by atoms with E-state index in [4.69, 9.17) is 10.3 Å². The highest BCUT2D eigenvalue weighted by atomic mass is 35.5. The van der Waals surface area contributed by atoms with E-state index in [0.29, 0.717) is 23.6 Å². The van der Waals surface area contributed by atoms with Gasteiger partial charge in [0.1, 0.15) is 0 Å². The largest absolute Gasteiger partial charge is 0.339 e. The zero-order valence-corrected chi connectivity index (χ0v) is 15.2. The molecule has 24 heavy (non-hydrogen) atoms. The van der Waals surface area contributed by atoms with Crippen LogP contribution in [0.3, 0.4) is 0 Å².